The molecular weight excluding hydrogens is 669 g/mol. The average Bonchev–Trinajstić information content (AvgIpc) is 3.09. The minimum Gasteiger partial charge on any atom is -0.444 e. The van der Waals surface area contributed by atoms with E-state index in [0.29, 0.717) is 25.2 Å². The summed E-state index contributed by atoms with van der Waals surface area (Å²) >= 11 is 3.15. The molecule has 0 unspecified atom stereocenters. The van der Waals surface area contributed by atoms with E-state index in [1.54, 1.807) is 32.6 Å². The van der Waals surface area contributed by atoms with Crippen molar-refractivity contribution in [3.63, 3.8) is 0 Å². The Morgan fingerprint density at radius 1 is 1.05 bits per heavy atom. The van der Waals surface area contributed by atoms with Gasteiger partial charge in [-0.2, -0.15) is 9.50 Å². The Balaban J connectivity index is 1.65. The Labute approximate surface area is 251 Å². The van der Waals surface area contributed by atoms with Gasteiger partial charge in [0.05, 0.1) is 5.69 Å². The van der Waals surface area contributed by atoms with Crippen molar-refractivity contribution in [3.8, 4) is 0 Å². The molecular formula is C25H31BrF5N7O4S. The number of nitrogens with zero attached hydrogens (tertiary/aromatic N) is 6. The SMILES string of the molecule is CCc1c(N2CCCN(C(=O)OC(C)(C)C)CC2)c(=O)n2nc(Br)nc2n1CC(=O)Nc1ccc(S(F)(F)(F)(F)F)cc1. The summed E-state index contributed by atoms with van der Waals surface area (Å²) in [5.41, 5.74) is -0.603. The highest BCUT2D eigenvalue weighted by atomic mass is 79.9. The average molecular weight is 701 g/mol. The van der Waals surface area contributed by atoms with Crippen LogP contribution in [0.15, 0.2) is 38.7 Å². The third-order valence-electron chi connectivity index (χ3n) is 6.48. The number of hydrogen-bond donors (Lipinski definition) is 1. The van der Waals surface area contributed by atoms with Gasteiger partial charge in [0.25, 0.3) is 5.56 Å². The van der Waals surface area contributed by atoms with Crippen molar-refractivity contribution in [3.05, 3.63) is 45.0 Å². The van der Waals surface area contributed by atoms with Gasteiger partial charge in [0, 0.05) is 31.9 Å². The summed E-state index contributed by atoms with van der Waals surface area (Å²) in [4.78, 5) is 44.9. The lowest BCUT2D eigenvalue weighted by Gasteiger charge is -2.40. The number of hydrogen-bond acceptors (Lipinski definition) is 7. The van der Waals surface area contributed by atoms with Crippen molar-refractivity contribution >= 4 is 55.3 Å². The summed E-state index contributed by atoms with van der Waals surface area (Å²) in [6.07, 6.45) is 0.337. The summed E-state index contributed by atoms with van der Waals surface area (Å²) in [5, 5.41) is 6.52. The highest BCUT2D eigenvalue weighted by Gasteiger charge is 2.65. The number of rotatable bonds is 6. The number of amides is 2. The lowest BCUT2D eigenvalue weighted by molar-refractivity contribution is -0.116. The van der Waals surface area contributed by atoms with Crippen LogP contribution in [0.2, 0.25) is 0 Å². The normalized spacial score (nSPS) is 16.4. The first-order valence-corrected chi connectivity index (χ1v) is 16.0. The molecule has 4 rings (SSSR count). The van der Waals surface area contributed by atoms with Gasteiger partial charge >= 0.3 is 16.3 Å². The van der Waals surface area contributed by atoms with Gasteiger partial charge in [0.1, 0.15) is 22.7 Å². The molecule has 2 amide bonds. The third-order valence-corrected chi connectivity index (χ3v) is 7.98. The van der Waals surface area contributed by atoms with Crippen molar-refractivity contribution < 1.29 is 33.8 Å². The molecule has 0 radical (unpaired) electrons. The summed E-state index contributed by atoms with van der Waals surface area (Å²) in [7, 11) is -9.87. The Hall–Kier alpha value is -3.41. The Morgan fingerprint density at radius 3 is 2.28 bits per heavy atom. The van der Waals surface area contributed by atoms with Gasteiger partial charge in [-0.3, -0.25) is 9.59 Å². The Kier molecular flexibility index (Phi) is 8.04. The molecule has 0 spiro atoms. The minimum atomic E-state index is -9.87. The number of nitrogens with one attached hydrogen (secondary N) is 1. The molecule has 3 heterocycles. The van der Waals surface area contributed by atoms with Gasteiger partial charge in [0.2, 0.25) is 16.4 Å². The number of fused-ring (bicyclic) bond motifs is 1. The zero-order chi connectivity index (χ0) is 32.0. The number of aromatic nitrogens is 4. The van der Waals surface area contributed by atoms with Crippen LogP contribution in [0.4, 0.5) is 35.6 Å². The van der Waals surface area contributed by atoms with Crippen molar-refractivity contribution in [2.45, 2.75) is 57.6 Å². The van der Waals surface area contributed by atoms with E-state index >= 15 is 0 Å². The fourth-order valence-corrected chi connectivity index (χ4v) is 5.66. The lowest BCUT2D eigenvalue weighted by Crippen LogP contribution is -2.40. The number of benzene rings is 1. The quantitative estimate of drug-likeness (QED) is 0.316. The van der Waals surface area contributed by atoms with E-state index in [9.17, 15) is 33.8 Å². The summed E-state index contributed by atoms with van der Waals surface area (Å²) in [5.74, 6) is -0.675. The molecule has 11 nitrogen and oxygen atoms in total. The first kappa shape index (κ1) is 32.5. The van der Waals surface area contributed by atoms with Crippen molar-refractivity contribution in [1.29, 1.82) is 0 Å². The number of anilines is 2. The molecule has 1 N–H and O–H groups in total. The highest BCUT2D eigenvalue weighted by molar-refractivity contribution is 9.10. The number of carbonyl (C=O) groups is 2. The maximum Gasteiger partial charge on any atom is 0.410 e. The molecule has 0 aliphatic carbocycles. The highest BCUT2D eigenvalue weighted by Crippen LogP contribution is 3.02. The molecule has 1 aliphatic heterocycles. The molecule has 1 fully saturated rings. The summed E-state index contributed by atoms with van der Waals surface area (Å²) in [6, 6.07) is 1.89. The van der Waals surface area contributed by atoms with Crippen LogP contribution in [-0.4, -0.2) is 67.8 Å². The maximum atomic E-state index is 13.7. The van der Waals surface area contributed by atoms with Crippen LogP contribution in [0.25, 0.3) is 5.78 Å². The predicted molar refractivity (Wildman–Crippen MR) is 155 cm³/mol. The second-order valence-corrected chi connectivity index (χ2v) is 14.1. The van der Waals surface area contributed by atoms with E-state index in [4.69, 9.17) is 4.74 Å². The van der Waals surface area contributed by atoms with Crippen LogP contribution in [0, 0.1) is 0 Å². The molecule has 18 heteroatoms. The van der Waals surface area contributed by atoms with Crippen molar-refractivity contribution in [1.82, 2.24) is 24.1 Å². The van der Waals surface area contributed by atoms with Crippen LogP contribution < -0.4 is 15.8 Å². The number of carbonyl (C=O) groups excluding carboxylic acids is 2. The molecule has 1 aromatic carbocycles. The van der Waals surface area contributed by atoms with Gasteiger partial charge in [-0.1, -0.05) is 26.4 Å². The molecule has 1 aliphatic rings. The van der Waals surface area contributed by atoms with Crippen LogP contribution >= 0.6 is 26.2 Å². The first-order valence-electron chi connectivity index (χ1n) is 13.2. The minimum absolute atomic E-state index is 0.0362. The summed E-state index contributed by atoms with van der Waals surface area (Å²) < 4.78 is 73.4. The van der Waals surface area contributed by atoms with Gasteiger partial charge in [-0.25, -0.2) is 4.79 Å². The number of ether oxygens (including phenoxy) is 1. The zero-order valence-electron chi connectivity index (χ0n) is 23.8. The zero-order valence-corrected chi connectivity index (χ0v) is 26.2. The fraction of sp³-hybridized carbons (Fsp3) is 0.480. The van der Waals surface area contributed by atoms with E-state index in [-0.39, 0.29) is 53.5 Å². The molecule has 43 heavy (non-hydrogen) atoms. The number of halogens is 6. The van der Waals surface area contributed by atoms with Crippen LogP contribution in [-0.2, 0) is 22.5 Å². The molecule has 0 atom stereocenters. The van der Waals surface area contributed by atoms with E-state index in [1.807, 2.05) is 4.90 Å². The van der Waals surface area contributed by atoms with E-state index in [1.165, 1.54) is 4.57 Å². The van der Waals surface area contributed by atoms with Gasteiger partial charge in [-0.05, 0) is 73.8 Å². The van der Waals surface area contributed by atoms with Crippen LogP contribution in [0.1, 0.15) is 39.8 Å². The molecule has 3 aromatic rings. The van der Waals surface area contributed by atoms with Crippen LogP contribution in [0.5, 0.6) is 0 Å². The fourth-order valence-electron chi connectivity index (χ4n) is 4.69. The molecule has 0 saturated carbocycles. The van der Waals surface area contributed by atoms with Gasteiger partial charge in [-0.15, -0.1) is 5.10 Å². The molecule has 1 saturated heterocycles. The second kappa shape index (κ2) is 10.6. The van der Waals surface area contributed by atoms with Gasteiger partial charge in [0.15, 0.2) is 0 Å². The standard InChI is InChI=1S/C25H31BrF5N7O4S/c1-5-18-20(35-11-6-12-36(14-13-35)24(41)42-25(2,3)4)21(40)38-23(33-22(26)34-38)37(18)15-19(39)32-16-7-9-17(10-8-16)43(27,28,29,30)31/h7-10H,5-6,11-15H2,1-4H3,(H,32,39). The van der Waals surface area contributed by atoms with Crippen molar-refractivity contribution in [2.75, 3.05) is 36.4 Å². The lowest BCUT2D eigenvalue weighted by atomic mass is 10.2. The predicted octanol–water partition coefficient (Wildman–Crippen LogP) is 5.96. The van der Waals surface area contributed by atoms with E-state index in [0.717, 1.165) is 16.6 Å². The van der Waals surface area contributed by atoms with E-state index < -0.39 is 44.8 Å². The molecule has 238 valence electrons. The monoisotopic (exact) mass is 699 g/mol. The third kappa shape index (κ3) is 7.57. The van der Waals surface area contributed by atoms with Gasteiger partial charge < -0.3 is 24.4 Å². The first-order chi connectivity index (χ1) is 19.7. The van der Waals surface area contributed by atoms with Crippen molar-refractivity contribution in [2.24, 2.45) is 0 Å². The van der Waals surface area contributed by atoms with Crippen LogP contribution in [0.3, 0.4) is 0 Å². The van der Waals surface area contributed by atoms with E-state index in [2.05, 4.69) is 31.3 Å². The second-order valence-electron chi connectivity index (χ2n) is 11.0. The molecule has 0 bridgehead atoms. The Morgan fingerprint density at radius 2 is 1.70 bits per heavy atom. The molecule has 2 aromatic heterocycles. The summed E-state index contributed by atoms with van der Waals surface area (Å²) in [6.45, 7) is 8.02. The smallest absolute Gasteiger partial charge is 0.410 e. The maximum absolute atomic E-state index is 13.7. The largest absolute Gasteiger partial charge is 0.444 e. The topological polar surface area (TPSA) is 114 Å². The Bertz CT molecular complexity index is 1620.